The molecule has 6 heteroatoms. The van der Waals surface area contributed by atoms with E-state index in [0.717, 1.165) is 10.4 Å². The standard InChI is InChI=1S/C19H23N3O2S/c1-14-5-3-6-16(11-14)13-21-8-9-22(15(2)18(21)23)19(24)20-12-17-7-4-10-25-17/h3-7,10-11,15H,8-9,12-13H2,1-2H3,(H,20,24)/t15-/m0/s1. The topological polar surface area (TPSA) is 52.6 Å². The molecule has 0 saturated carbocycles. The number of hydrogen-bond donors (Lipinski definition) is 1. The molecule has 1 fully saturated rings. The number of nitrogens with one attached hydrogen (secondary N) is 1. The second kappa shape index (κ2) is 7.70. The van der Waals surface area contributed by atoms with Gasteiger partial charge in [-0.2, -0.15) is 0 Å². The van der Waals surface area contributed by atoms with E-state index in [-0.39, 0.29) is 11.9 Å². The molecular weight excluding hydrogens is 334 g/mol. The van der Waals surface area contributed by atoms with Gasteiger partial charge in [-0.05, 0) is 30.9 Å². The number of aryl methyl sites for hydroxylation is 1. The van der Waals surface area contributed by atoms with Crippen molar-refractivity contribution in [3.63, 3.8) is 0 Å². The van der Waals surface area contributed by atoms with Crippen molar-refractivity contribution in [1.29, 1.82) is 0 Å². The SMILES string of the molecule is Cc1cccc(CN2CCN(C(=O)NCc3cccs3)[C@@H](C)C2=O)c1. The quantitative estimate of drug-likeness (QED) is 0.914. The molecule has 0 bridgehead atoms. The van der Waals surface area contributed by atoms with Crippen LogP contribution >= 0.6 is 11.3 Å². The minimum Gasteiger partial charge on any atom is -0.335 e. The predicted octanol–water partition coefficient (Wildman–Crippen LogP) is 3.00. The highest BCUT2D eigenvalue weighted by atomic mass is 32.1. The Kier molecular flexibility index (Phi) is 5.38. The van der Waals surface area contributed by atoms with Gasteiger partial charge in [-0.3, -0.25) is 4.79 Å². The fraction of sp³-hybridized carbons (Fsp3) is 0.368. The number of nitrogens with zero attached hydrogens (tertiary/aromatic N) is 2. The number of benzene rings is 1. The molecular formula is C19H23N3O2S. The molecule has 0 unspecified atom stereocenters. The summed E-state index contributed by atoms with van der Waals surface area (Å²) in [6, 6.07) is 11.5. The lowest BCUT2D eigenvalue weighted by Gasteiger charge is -2.39. The van der Waals surface area contributed by atoms with Crippen LogP contribution in [0.5, 0.6) is 0 Å². The van der Waals surface area contributed by atoms with E-state index in [1.54, 1.807) is 23.2 Å². The van der Waals surface area contributed by atoms with E-state index in [0.29, 0.717) is 26.2 Å². The largest absolute Gasteiger partial charge is 0.335 e. The van der Waals surface area contributed by atoms with E-state index in [4.69, 9.17) is 0 Å². The first kappa shape index (κ1) is 17.5. The molecule has 2 heterocycles. The molecule has 132 valence electrons. The Balaban J connectivity index is 1.58. The molecule has 3 rings (SSSR count). The van der Waals surface area contributed by atoms with Crippen LogP contribution in [-0.4, -0.2) is 40.9 Å². The number of rotatable bonds is 4. The zero-order valence-corrected chi connectivity index (χ0v) is 15.4. The predicted molar refractivity (Wildman–Crippen MR) is 99.3 cm³/mol. The Morgan fingerprint density at radius 3 is 2.84 bits per heavy atom. The summed E-state index contributed by atoms with van der Waals surface area (Å²) in [4.78, 5) is 29.6. The number of amides is 3. The van der Waals surface area contributed by atoms with Gasteiger partial charge >= 0.3 is 6.03 Å². The number of carbonyl (C=O) groups is 2. The van der Waals surface area contributed by atoms with E-state index in [1.165, 1.54) is 5.56 Å². The molecule has 1 saturated heterocycles. The van der Waals surface area contributed by atoms with Crippen molar-refractivity contribution in [3.05, 3.63) is 57.8 Å². The van der Waals surface area contributed by atoms with Crippen LogP contribution in [-0.2, 0) is 17.9 Å². The van der Waals surface area contributed by atoms with Crippen molar-refractivity contribution in [2.24, 2.45) is 0 Å². The first-order chi connectivity index (χ1) is 12.0. The van der Waals surface area contributed by atoms with Crippen LogP contribution in [0.2, 0.25) is 0 Å². The summed E-state index contributed by atoms with van der Waals surface area (Å²) >= 11 is 1.61. The monoisotopic (exact) mass is 357 g/mol. The average Bonchev–Trinajstić information content (AvgIpc) is 3.11. The molecule has 0 spiro atoms. The molecule has 2 aromatic rings. The van der Waals surface area contributed by atoms with E-state index in [2.05, 4.69) is 11.4 Å². The van der Waals surface area contributed by atoms with Crippen LogP contribution in [0, 0.1) is 6.92 Å². The van der Waals surface area contributed by atoms with Crippen molar-refractivity contribution in [3.8, 4) is 0 Å². The van der Waals surface area contributed by atoms with E-state index < -0.39 is 6.04 Å². The normalized spacial score (nSPS) is 17.7. The minimum absolute atomic E-state index is 0.000898. The summed E-state index contributed by atoms with van der Waals surface area (Å²) < 4.78 is 0. The lowest BCUT2D eigenvalue weighted by molar-refractivity contribution is -0.139. The van der Waals surface area contributed by atoms with Gasteiger partial charge in [0.1, 0.15) is 6.04 Å². The highest BCUT2D eigenvalue weighted by molar-refractivity contribution is 7.09. The molecule has 3 amide bonds. The van der Waals surface area contributed by atoms with Crippen LogP contribution in [0.3, 0.4) is 0 Å². The fourth-order valence-electron chi connectivity index (χ4n) is 3.07. The highest BCUT2D eigenvalue weighted by Gasteiger charge is 2.34. The van der Waals surface area contributed by atoms with Gasteiger partial charge in [-0.1, -0.05) is 35.9 Å². The molecule has 1 aliphatic rings. The van der Waals surface area contributed by atoms with Gasteiger partial charge < -0.3 is 15.1 Å². The van der Waals surface area contributed by atoms with E-state index in [9.17, 15) is 9.59 Å². The van der Waals surface area contributed by atoms with Crippen molar-refractivity contribution in [2.75, 3.05) is 13.1 Å². The van der Waals surface area contributed by atoms with Crippen molar-refractivity contribution in [1.82, 2.24) is 15.1 Å². The van der Waals surface area contributed by atoms with E-state index >= 15 is 0 Å². The Hall–Kier alpha value is -2.34. The van der Waals surface area contributed by atoms with Gasteiger partial charge in [0.2, 0.25) is 5.91 Å². The van der Waals surface area contributed by atoms with Crippen molar-refractivity contribution < 1.29 is 9.59 Å². The molecule has 5 nitrogen and oxygen atoms in total. The molecule has 1 N–H and O–H groups in total. The van der Waals surface area contributed by atoms with Gasteiger partial charge in [0.15, 0.2) is 0 Å². The lowest BCUT2D eigenvalue weighted by Crippen LogP contribution is -2.59. The number of piperazine rings is 1. The summed E-state index contributed by atoms with van der Waals surface area (Å²) in [5.41, 5.74) is 2.31. The summed E-state index contributed by atoms with van der Waals surface area (Å²) in [6.45, 7) is 6.05. The average molecular weight is 357 g/mol. The Morgan fingerprint density at radius 2 is 2.12 bits per heavy atom. The summed E-state index contributed by atoms with van der Waals surface area (Å²) in [7, 11) is 0. The van der Waals surface area contributed by atoms with Gasteiger partial charge in [-0.25, -0.2) is 4.79 Å². The number of carbonyl (C=O) groups excluding carboxylic acids is 2. The third-order valence-electron chi connectivity index (χ3n) is 4.46. The van der Waals surface area contributed by atoms with Gasteiger partial charge in [0, 0.05) is 24.5 Å². The number of hydrogen-bond acceptors (Lipinski definition) is 3. The third kappa shape index (κ3) is 4.20. The second-order valence-electron chi connectivity index (χ2n) is 6.36. The molecule has 0 aliphatic carbocycles. The van der Waals surface area contributed by atoms with Crippen LogP contribution in [0.25, 0.3) is 0 Å². The first-order valence-corrected chi connectivity index (χ1v) is 9.34. The maximum Gasteiger partial charge on any atom is 0.318 e. The van der Waals surface area contributed by atoms with Crippen molar-refractivity contribution >= 4 is 23.3 Å². The first-order valence-electron chi connectivity index (χ1n) is 8.46. The van der Waals surface area contributed by atoms with Gasteiger partial charge in [0.05, 0.1) is 6.54 Å². The smallest absolute Gasteiger partial charge is 0.318 e. The van der Waals surface area contributed by atoms with Crippen LogP contribution < -0.4 is 5.32 Å². The highest BCUT2D eigenvalue weighted by Crippen LogP contribution is 2.16. The number of urea groups is 1. The Morgan fingerprint density at radius 1 is 1.28 bits per heavy atom. The molecule has 1 aromatic heterocycles. The molecule has 1 atom stereocenters. The van der Waals surface area contributed by atoms with Crippen LogP contribution in [0.1, 0.15) is 22.9 Å². The third-order valence-corrected chi connectivity index (χ3v) is 5.33. The maximum atomic E-state index is 12.7. The summed E-state index contributed by atoms with van der Waals surface area (Å²) in [6.07, 6.45) is 0. The summed E-state index contributed by atoms with van der Waals surface area (Å²) in [5, 5.41) is 4.89. The Bertz CT molecular complexity index is 745. The van der Waals surface area contributed by atoms with Gasteiger partial charge in [0.25, 0.3) is 0 Å². The molecule has 1 aliphatic heterocycles. The Labute approximate surface area is 152 Å². The van der Waals surface area contributed by atoms with Crippen LogP contribution in [0.4, 0.5) is 4.79 Å². The van der Waals surface area contributed by atoms with Crippen molar-refractivity contribution in [2.45, 2.75) is 33.0 Å². The zero-order valence-electron chi connectivity index (χ0n) is 14.6. The molecule has 25 heavy (non-hydrogen) atoms. The number of thiophene rings is 1. The molecule has 1 aromatic carbocycles. The fourth-order valence-corrected chi connectivity index (χ4v) is 3.72. The van der Waals surface area contributed by atoms with Gasteiger partial charge in [-0.15, -0.1) is 11.3 Å². The van der Waals surface area contributed by atoms with E-state index in [1.807, 2.05) is 47.5 Å². The minimum atomic E-state index is -0.443. The maximum absolute atomic E-state index is 12.7. The molecule has 0 radical (unpaired) electrons. The lowest BCUT2D eigenvalue weighted by atomic mass is 10.1. The summed E-state index contributed by atoms with van der Waals surface area (Å²) in [5.74, 6) is -0.000898. The second-order valence-corrected chi connectivity index (χ2v) is 7.39. The zero-order chi connectivity index (χ0) is 17.8. The van der Waals surface area contributed by atoms with Crippen LogP contribution in [0.15, 0.2) is 41.8 Å².